The molecule has 0 spiro atoms. The highest BCUT2D eigenvalue weighted by Gasteiger charge is 2.32. The number of halogens is 3. The molecule has 0 bridgehead atoms. The van der Waals surface area contributed by atoms with Gasteiger partial charge >= 0.3 is 12.3 Å². The van der Waals surface area contributed by atoms with Crippen LogP contribution in [-0.4, -0.2) is 74.5 Å². The van der Waals surface area contributed by atoms with E-state index >= 15 is 0 Å². The molecule has 0 aliphatic carbocycles. The van der Waals surface area contributed by atoms with Crippen molar-refractivity contribution in [2.45, 2.75) is 52.1 Å². The van der Waals surface area contributed by atoms with Gasteiger partial charge in [-0.1, -0.05) is 0 Å². The lowest BCUT2D eigenvalue weighted by Crippen LogP contribution is -2.49. The quantitative estimate of drug-likeness (QED) is 0.697. The van der Waals surface area contributed by atoms with Gasteiger partial charge in [0.1, 0.15) is 11.3 Å². The molecule has 2 amide bonds. The van der Waals surface area contributed by atoms with Crippen molar-refractivity contribution in [3.05, 3.63) is 35.9 Å². The van der Waals surface area contributed by atoms with Gasteiger partial charge in [-0.3, -0.25) is 9.48 Å². The smallest absolute Gasteiger partial charge is 0.419 e. The van der Waals surface area contributed by atoms with Crippen molar-refractivity contribution in [1.29, 1.82) is 0 Å². The first-order valence-electron chi connectivity index (χ1n) is 10.8. The summed E-state index contributed by atoms with van der Waals surface area (Å²) in [7, 11) is 0. The Labute approximate surface area is 195 Å². The number of alkyl halides is 3. The third-order valence-electron chi connectivity index (χ3n) is 4.90. The van der Waals surface area contributed by atoms with Crippen molar-refractivity contribution in [1.82, 2.24) is 30.0 Å². The summed E-state index contributed by atoms with van der Waals surface area (Å²) in [4.78, 5) is 35.7. The summed E-state index contributed by atoms with van der Waals surface area (Å²) in [5, 5.41) is 7.03. The van der Waals surface area contributed by atoms with Gasteiger partial charge in [0, 0.05) is 50.8 Å². The van der Waals surface area contributed by atoms with Crippen molar-refractivity contribution in [2.75, 3.05) is 31.1 Å². The lowest BCUT2D eigenvalue weighted by atomic mass is 10.2. The van der Waals surface area contributed by atoms with Gasteiger partial charge in [0.2, 0.25) is 5.95 Å². The van der Waals surface area contributed by atoms with E-state index < -0.39 is 23.4 Å². The van der Waals surface area contributed by atoms with Gasteiger partial charge in [-0.15, -0.1) is 0 Å². The number of nitrogens with one attached hydrogen (secondary N) is 1. The number of alkyl carbamates (subject to hydrolysis) is 1. The van der Waals surface area contributed by atoms with Crippen molar-refractivity contribution < 1.29 is 27.5 Å². The Morgan fingerprint density at radius 3 is 2.29 bits per heavy atom. The molecular weight excluding hydrogens is 455 g/mol. The first-order chi connectivity index (χ1) is 15.8. The number of piperazine rings is 1. The topological polar surface area (TPSA) is 105 Å². The molecule has 1 N–H and O–H groups in total. The molecule has 3 heterocycles. The first kappa shape index (κ1) is 25.2. The second-order valence-corrected chi connectivity index (χ2v) is 9.02. The maximum Gasteiger partial charge on any atom is 0.419 e. The van der Waals surface area contributed by atoms with Gasteiger partial charge in [-0.05, 0) is 33.8 Å². The van der Waals surface area contributed by atoms with E-state index in [4.69, 9.17) is 4.74 Å². The third kappa shape index (κ3) is 6.81. The number of aromatic nitrogens is 4. The molecule has 0 aromatic carbocycles. The fourth-order valence-corrected chi connectivity index (χ4v) is 3.31. The maximum atomic E-state index is 12.8. The van der Waals surface area contributed by atoms with E-state index in [2.05, 4.69) is 20.4 Å². The Kier molecular flexibility index (Phi) is 7.32. The Morgan fingerprint density at radius 2 is 1.74 bits per heavy atom. The van der Waals surface area contributed by atoms with Gasteiger partial charge in [0.25, 0.3) is 5.91 Å². The highest BCUT2D eigenvalue weighted by molar-refractivity contribution is 5.92. The lowest BCUT2D eigenvalue weighted by molar-refractivity contribution is -0.138. The van der Waals surface area contributed by atoms with Crippen LogP contribution in [0.25, 0.3) is 0 Å². The van der Waals surface area contributed by atoms with E-state index in [0.29, 0.717) is 32.7 Å². The molecule has 10 nitrogen and oxygen atoms in total. The van der Waals surface area contributed by atoms with Crippen LogP contribution in [0.2, 0.25) is 0 Å². The van der Waals surface area contributed by atoms with Crippen LogP contribution < -0.4 is 10.2 Å². The molecule has 0 saturated carbocycles. The largest absolute Gasteiger partial charge is 0.444 e. The predicted octanol–water partition coefficient (Wildman–Crippen LogP) is 2.57. The second-order valence-electron chi connectivity index (χ2n) is 9.02. The number of amides is 2. The van der Waals surface area contributed by atoms with Crippen LogP contribution in [0.15, 0.2) is 24.7 Å². The Bertz CT molecular complexity index is 994. The molecule has 34 heavy (non-hydrogen) atoms. The Morgan fingerprint density at radius 1 is 1.12 bits per heavy atom. The summed E-state index contributed by atoms with van der Waals surface area (Å²) in [5.74, 6) is -0.0599. The third-order valence-corrected chi connectivity index (χ3v) is 4.90. The van der Waals surface area contributed by atoms with Crippen molar-refractivity contribution in [3.8, 4) is 0 Å². The van der Waals surface area contributed by atoms with E-state index in [0.717, 1.165) is 12.4 Å². The van der Waals surface area contributed by atoms with Crippen LogP contribution in [0.1, 0.15) is 43.7 Å². The van der Waals surface area contributed by atoms with Crippen molar-refractivity contribution in [2.24, 2.45) is 0 Å². The summed E-state index contributed by atoms with van der Waals surface area (Å²) in [6.07, 6.45) is -1.85. The lowest BCUT2D eigenvalue weighted by Gasteiger charge is -2.34. The zero-order valence-corrected chi connectivity index (χ0v) is 19.5. The van der Waals surface area contributed by atoms with Crippen LogP contribution in [-0.2, 0) is 17.5 Å². The fourth-order valence-electron chi connectivity index (χ4n) is 3.31. The summed E-state index contributed by atoms with van der Waals surface area (Å²) >= 11 is 0. The number of carbonyl (C=O) groups is 2. The summed E-state index contributed by atoms with van der Waals surface area (Å²) in [5.41, 5.74) is -1.24. The van der Waals surface area contributed by atoms with Gasteiger partial charge in [-0.2, -0.15) is 18.3 Å². The minimum absolute atomic E-state index is 0.191. The standard InChI is InChI=1S/C21H28F3N7O3/c1-14(27-19(33)34-20(2,3)4)13-31-6-5-16(28-31)17(32)29-7-9-30(10-8-29)18-25-11-15(12-26-18)21(22,23)24/h5-6,11-12,14H,7-10,13H2,1-4H3,(H,27,33)/t14-/m0/s1. The fraction of sp³-hybridized carbons (Fsp3) is 0.571. The number of hydrogen-bond donors (Lipinski definition) is 1. The number of ether oxygens (including phenoxy) is 1. The normalized spacial score (nSPS) is 15.7. The van der Waals surface area contributed by atoms with Crippen LogP contribution in [0.3, 0.4) is 0 Å². The van der Waals surface area contributed by atoms with Gasteiger partial charge in [0.15, 0.2) is 0 Å². The minimum atomic E-state index is -4.49. The number of nitrogens with zero attached hydrogens (tertiary/aromatic N) is 6. The zero-order chi connectivity index (χ0) is 25.1. The van der Waals surface area contributed by atoms with E-state index in [1.54, 1.807) is 54.4 Å². The molecule has 3 rings (SSSR count). The van der Waals surface area contributed by atoms with Crippen LogP contribution in [0.4, 0.5) is 23.9 Å². The average Bonchev–Trinajstić information content (AvgIpc) is 3.19. The number of carbonyl (C=O) groups excluding carboxylic acids is 2. The number of rotatable bonds is 5. The second kappa shape index (κ2) is 9.85. The molecule has 0 radical (unpaired) electrons. The summed E-state index contributed by atoms with van der Waals surface area (Å²) in [6, 6.07) is 1.33. The van der Waals surface area contributed by atoms with Crippen molar-refractivity contribution in [3.63, 3.8) is 0 Å². The molecule has 1 atom stereocenters. The van der Waals surface area contributed by atoms with Gasteiger partial charge in [0.05, 0.1) is 12.1 Å². The molecule has 1 saturated heterocycles. The molecule has 13 heteroatoms. The summed E-state index contributed by atoms with van der Waals surface area (Å²) in [6.45, 7) is 8.96. The van der Waals surface area contributed by atoms with Crippen molar-refractivity contribution >= 4 is 17.9 Å². The van der Waals surface area contributed by atoms with Crippen LogP contribution in [0.5, 0.6) is 0 Å². The van der Waals surface area contributed by atoms with E-state index in [1.807, 2.05) is 0 Å². The van der Waals surface area contributed by atoms with Crippen LogP contribution in [0, 0.1) is 0 Å². The van der Waals surface area contributed by atoms with E-state index in [1.165, 1.54) is 0 Å². The minimum Gasteiger partial charge on any atom is -0.444 e. The predicted molar refractivity (Wildman–Crippen MR) is 116 cm³/mol. The molecular formula is C21H28F3N7O3. The van der Waals surface area contributed by atoms with Gasteiger partial charge in [-0.25, -0.2) is 14.8 Å². The molecule has 2 aromatic heterocycles. The summed E-state index contributed by atoms with van der Waals surface area (Å²) < 4.78 is 44.8. The average molecular weight is 483 g/mol. The SMILES string of the molecule is C[C@@H](Cn1ccc(C(=O)N2CCN(c3ncc(C(F)(F)F)cn3)CC2)n1)NC(=O)OC(C)(C)C. The molecule has 0 unspecified atom stereocenters. The molecule has 1 fully saturated rings. The molecule has 1 aliphatic heterocycles. The highest BCUT2D eigenvalue weighted by Crippen LogP contribution is 2.28. The Hall–Kier alpha value is -3.38. The maximum absolute atomic E-state index is 12.8. The van der Waals surface area contributed by atoms with Gasteiger partial charge < -0.3 is 19.9 Å². The first-order valence-corrected chi connectivity index (χ1v) is 10.8. The number of anilines is 1. The van der Waals surface area contributed by atoms with E-state index in [9.17, 15) is 22.8 Å². The monoisotopic (exact) mass is 483 g/mol. The van der Waals surface area contributed by atoms with Crippen LogP contribution >= 0.6 is 0 Å². The number of hydrogen-bond acceptors (Lipinski definition) is 7. The molecule has 1 aliphatic rings. The molecule has 2 aromatic rings. The van der Waals surface area contributed by atoms with E-state index in [-0.39, 0.29) is 23.6 Å². The molecule has 186 valence electrons. The Balaban J connectivity index is 1.50. The zero-order valence-electron chi connectivity index (χ0n) is 19.5. The highest BCUT2D eigenvalue weighted by atomic mass is 19.4.